The monoisotopic (exact) mass is 403 g/mol. The summed E-state index contributed by atoms with van der Waals surface area (Å²) >= 11 is 0. The van der Waals surface area contributed by atoms with Gasteiger partial charge >= 0.3 is 6.18 Å². The fourth-order valence-electron chi connectivity index (χ4n) is 3.53. The molecular formula is C21H20F3N3O2. The van der Waals surface area contributed by atoms with Crippen LogP contribution in [0.1, 0.15) is 48.0 Å². The smallest absolute Gasteiger partial charge is 0.364 e. The van der Waals surface area contributed by atoms with E-state index in [0.29, 0.717) is 0 Å². The molecule has 0 fully saturated rings. The number of nitrogens with two attached hydrogens (primary N) is 1. The number of fused-ring (bicyclic) bond motifs is 1. The highest BCUT2D eigenvalue weighted by Gasteiger charge is 2.38. The number of aromatic nitrogens is 2. The molecule has 0 saturated carbocycles. The Bertz CT molecular complexity index is 1190. The summed E-state index contributed by atoms with van der Waals surface area (Å²) in [5.74, 6) is -0.862. The van der Waals surface area contributed by atoms with Gasteiger partial charge in [0.25, 0.3) is 5.91 Å². The SMILES string of the molecule is Cc1c(-c2cc(=O)c3c(C(N)=O)nccc3[nH]2)ccc(C(C)(C)C)c1C(F)(F)F. The molecule has 152 valence electrons. The standard InChI is InChI=1S/C21H20F3N3O2/c1-10-11(5-6-12(20(2,3)4)17(10)21(22,23)24)14-9-15(28)16-13(27-14)7-8-26-18(16)19(25)29/h5-9H,1-4H3,(H2,25,29)(H,27,28). The predicted molar refractivity (Wildman–Crippen MR) is 105 cm³/mol. The molecule has 29 heavy (non-hydrogen) atoms. The Hall–Kier alpha value is -3.16. The van der Waals surface area contributed by atoms with Crippen molar-refractivity contribution in [1.82, 2.24) is 9.97 Å². The number of nitrogens with one attached hydrogen (secondary N) is 1. The van der Waals surface area contributed by atoms with Crippen molar-refractivity contribution >= 4 is 16.8 Å². The molecule has 0 unspecified atom stereocenters. The average Bonchev–Trinajstić information content (AvgIpc) is 2.58. The maximum atomic E-state index is 13.9. The summed E-state index contributed by atoms with van der Waals surface area (Å²) in [6.07, 6.45) is -3.25. The third-order valence-electron chi connectivity index (χ3n) is 4.82. The lowest BCUT2D eigenvalue weighted by atomic mass is 9.80. The fraction of sp³-hybridized carbons (Fsp3) is 0.286. The molecule has 2 aromatic heterocycles. The van der Waals surface area contributed by atoms with Gasteiger partial charge in [-0.1, -0.05) is 32.9 Å². The van der Waals surface area contributed by atoms with Crippen molar-refractivity contribution in [2.24, 2.45) is 5.73 Å². The molecule has 8 heteroatoms. The molecule has 0 saturated heterocycles. The topological polar surface area (TPSA) is 88.8 Å². The van der Waals surface area contributed by atoms with Crippen LogP contribution in [0, 0.1) is 6.92 Å². The average molecular weight is 403 g/mol. The number of rotatable bonds is 2. The van der Waals surface area contributed by atoms with E-state index in [-0.39, 0.29) is 39.0 Å². The van der Waals surface area contributed by atoms with E-state index >= 15 is 0 Å². The van der Waals surface area contributed by atoms with Gasteiger partial charge in [0.15, 0.2) is 5.43 Å². The highest BCUT2D eigenvalue weighted by molar-refractivity contribution is 6.03. The first kappa shape index (κ1) is 20.6. The maximum absolute atomic E-state index is 13.9. The van der Waals surface area contributed by atoms with Crippen LogP contribution in [-0.4, -0.2) is 15.9 Å². The molecule has 2 heterocycles. The van der Waals surface area contributed by atoms with Gasteiger partial charge in [0.1, 0.15) is 5.69 Å². The summed E-state index contributed by atoms with van der Waals surface area (Å²) in [4.78, 5) is 30.9. The van der Waals surface area contributed by atoms with E-state index in [9.17, 15) is 22.8 Å². The van der Waals surface area contributed by atoms with E-state index in [1.165, 1.54) is 25.3 Å². The van der Waals surface area contributed by atoms with E-state index < -0.39 is 28.5 Å². The minimum atomic E-state index is -4.55. The lowest BCUT2D eigenvalue weighted by Crippen LogP contribution is -2.21. The summed E-state index contributed by atoms with van der Waals surface area (Å²) < 4.78 is 41.6. The predicted octanol–water partition coefficient (Wildman–Crippen LogP) is 4.31. The first-order chi connectivity index (χ1) is 13.3. The van der Waals surface area contributed by atoms with Crippen LogP contribution in [0.25, 0.3) is 22.2 Å². The normalized spacial score (nSPS) is 12.4. The zero-order chi connectivity index (χ0) is 21.7. The molecule has 0 aliphatic heterocycles. The quantitative estimate of drug-likeness (QED) is 0.668. The van der Waals surface area contributed by atoms with Crippen LogP contribution in [0.2, 0.25) is 0 Å². The van der Waals surface area contributed by atoms with Gasteiger partial charge in [0, 0.05) is 23.5 Å². The van der Waals surface area contributed by atoms with Gasteiger partial charge < -0.3 is 10.7 Å². The lowest BCUT2D eigenvalue weighted by Gasteiger charge is -2.27. The second-order valence-electron chi connectivity index (χ2n) is 7.90. The number of H-pyrrole nitrogens is 1. The minimum Gasteiger partial charge on any atom is -0.364 e. The second-order valence-corrected chi connectivity index (χ2v) is 7.90. The van der Waals surface area contributed by atoms with E-state index in [1.807, 2.05) is 0 Å². The molecule has 1 amide bonds. The third kappa shape index (κ3) is 3.62. The molecule has 5 nitrogen and oxygen atoms in total. The number of alkyl halides is 3. The Morgan fingerprint density at radius 1 is 1.14 bits per heavy atom. The van der Waals surface area contributed by atoms with Crippen LogP contribution in [0.5, 0.6) is 0 Å². The first-order valence-electron chi connectivity index (χ1n) is 8.86. The number of amides is 1. The van der Waals surface area contributed by atoms with Crippen LogP contribution in [0.15, 0.2) is 35.3 Å². The van der Waals surface area contributed by atoms with Gasteiger partial charge in [-0.3, -0.25) is 14.6 Å². The van der Waals surface area contributed by atoms with Crippen LogP contribution >= 0.6 is 0 Å². The number of hydrogen-bond acceptors (Lipinski definition) is 3. The van der Waals surface area contributed by atoms with Crippen LogP contribution in [0.4, 0.5) is 13.2 Å². The fourth-order valence-corrected chi connectivity index (χ4v) is 3.53. The molecule has 3 rings (SSSR count). The Morgan fingerprint density at radius 3 is 2.34 bits per heavy atom. The molecule has 0 atom stereocenters. The Labute approximate surface area is 164 Å². The van der Waals surface area contributed by atoms with Crippen molar-refractivity contribution in [1.29, 1.82) is 0 Å². The van der Waals surface area contributed by atoms with Gasteiger partial charge in [-0.05, 0) is 29.5 Å². The summed E-state index contributed by atoms with van der Waals surface area (Å²) in [5, 5.41) is 0.00348. The number of nitrogens with zero attached hydrogens (tertiary/aromatic N) is 1. The number of carbonyl (C=O) groups excluding carboxylic acids is 1. The number of halogens is 3. The van der Waals surface area contributed by atoms with Gasteiger partial charge in [-0.15, -0.1) is 0 Å². The number of carbonyl (C=O) groups is 1. The molecule has 0 aliphatic rings. The molecule has 0 bridgehead atoms. The number of aromatic amines is 1. The molecule has 3 N–H and O–H groups in total. The van der Waals surface area contributed by atoms with E-state index in [2.05, 4.69) is 9.97 Å². The summed E-state index contributed by atoms with van der Waals surface area (Å²) in [7, 11) is 0. The Kier molecular flexibility index (Phi) is 4.77. The zero-order valence-electron chi connectivity index (χ0n) is 16.4. The highest BCUT2D eigenvalue weighted by Crippen LogP contribution is 2.42. The Balaban J connectivity index is 2.34. The van der Waals surface area contributed by atoms with E-state index in [1.54, 1.807) is 26.8 Å². The number of primary amides is 1. The summed E-state index contributed by atoms with van der Waals surface area (Å²) in [5.41, 5.74) is 4.03. The number of pyridine rings is 2. The maximum Gasteiger partial charge on any atom is 0.416 e. The first-order valence-corrected chi connectivity index (χ1v) is 8.86. The van der Waals surface area contributed by atoms with Gasteiger partial charge in [-0.25, -0.2) is 0 Å². The van der Waals surface area contributed by atoms with Crippen molar-refractivity contribution in [2.45, 2.75) is 39.3 Å². The molecule has 0 spiro atoms. The van der Waals surface area contributed by atoms with Crippen LogP contribution in [-0.2, 0) is 11.6 Å². The number of benzene rings is 1. The molecule has 0 radical (unpaired) electrons. The lowest BCUT2D eigenvalue weighted by molar-refractivity contribution is -0.139. The largest absolute Gasteiger partial charge is 0.416 e. The highest BCUT2D eigenvalue weighted by atomic mass is 19.4. The zero-order valence-corrected chi connectivity index (χ0v) is 16.4. The van der Waals surface area contributed by atoms with Crippen molar-refractivity contribution in [3.8, 4) is 11.3 Å². The molecule has 3 aromatic rings. The second kappa shape index (κ2) is 6.72. The molecule has 0 aliphatic carbocycles. The minimum absolute atomic E-state index is 0.00348. The van der Waals surface area contributed by atoms with Crippen LogP contribution in [0.3, 0.4) is 0 Å². The number of hydrogen-bond donors (Lipinski definition) is 2. The van der Waals surface area contributed by atoms with E-state index in [4.69, 9.17) is 5.73 Å². The van der Waals surface area contributed by atoms with Crippen molar-refractivity contribution in [2.75, 3.05) is 0 Å². The van der Waals surface area contributed by atoms with Gasteiger partial charge in [0.2, 0.25) is 0 Å². The summed E-state index contributed by atoms with van der Waals surface area (Å²) in [6.45, 7) is 6.53. The Morgan fingerprint density at radius 2 is 1.79 bits per heavy atom. The van der Waals surface area contributed by atoms with Crippen molar-refractivity contribution in [3.63, 3.8) is 0 Å². The third-order valence-corrected chi connectivity index (χ3v) is 4.82. The van der Waals surface area contributed by atoms with Crippen molar-refractivity contribution < 1.29 is 18.0 Å². The van der Waals surface area contributed by atoms with Crippen molar-refractivity contribution in [3.05, 3.63) is 63.1 Å². The van der Waals surface area contributed by atoms with Gasteiger partial charge in [0.05, 0.1) is 16.5 Å². The van der Waals surface area contributed by atoms with Gasteiger partial charge in [-0.2, -0.15) is 13.2 Å². The van der Waals surface area contributed by atoms with Crippen LogP contribution < -0.4 is 11.2 Å². The molecular weight excluding hydrogens is 383 g/mol. The summed E-state index contributed by atoms with van der Waals surface area (Å²) in [6, 6.07) is 5.64. The van der Waals surface area contributed by atoms with E-state index in [0.717, 1.165) is 6.07 Å². The molecule has 1 aromatic carbocycles.